The molecule has 0 rings (SSSR count). The number of rotatable bonds is 0. The third-order valence-electron chi connectivity index (χ3n) is 0. The fourth-order valence-corrected chi connectivity index (χ4v) is 0. The second kappa shape index (κ2) is 6.51. The molecule has 0 aliphatic heterocycles. The average Bonchev–Trinajstić information content (AvgIpc) is 0.722. The number of hydrogen-bond acceptors (Lipinski definition) is 2. The van der Waals surface area contributed by atoms with Crippen LogP contribution < -0.4 is 0 Å². The molecule has 7 heavy (non-hydrogen) atoms. The summed E-state index contributed by atoms with van der Waals surface area (Å²) in [4.78, 5) is 0. The molecule has 0 unspecified atom stereocenters. The minimum absolute atomic E-state index is 0. The summed E-state index contributed by atoms with van der Waals surface area (Å²) < 4.78 is 31.6. The molecule has 0 heterocycles. The van der Waals surface area contributed by atoms with Gasteiger partial charge in [-0.2, -0.15) is 8.42 Å². The monoisotopic (exact) mass is 350 g/mol. The van der Waals surface area contributed by atoms with Gasteiger partial charge in [-0.05, 0) is 0 Å². The van der Waals surface area contributed by atoms with Crippen LogP contribution in [0.15, 0.2) is 0 Å². The molecule has 42 valence electrons. The van der Waals surface area contributed by atoms with Gasteiger partial charge in [0.2, 0.25) is 0 Å². The van der Waals surface area contributed by atoms with Crippen LogP contribution in [0.3, 0.4) is 0 Å². The molecule has 0 aromatic carbocycles. The van der Waals surface area contributed by atoms with E-state index in [1.54, 1.807) is 0 Å². The predicted octanol–water partition coefficient (Wildman–Crippen LogP) is -2.49. The van der Waals surface area contributed by atoms with Crippen molar-refractivity contribution < 1.29 is 17.5 Å². The second-order valence-corrected chi connectivity index (χ2v) is 1.34. The van der Waals surface area contributed by atoms with Crippen molar-refractivity contribution in [1.29, 1.82) is 0 Å². The van der Waals surface area contributed by atoms with Crippen molar-refractivity contribution in [3.8, 4) is 0 Å². The molecule has 0 aliphatic rings. The molecule has 0 fully saturated rings. The molecule has 4 nitrogen and oxygen atoms in total. The van der Waals surface area contributed by atoms with Crippen LogP contribution in [-0.2, 0) is 10.4 Å². The summed E-state index contributed by atoms with van der Waals surface area (Å²) in [6.07, 6.45) is 0. The summed E-state index contributed by atoms with van der Waals surface area (Å²) >= 11 is 0. The van der Waals surface area contributed by atoms with Crippen molar-refractivity contribution >= 4 is 88.0 Å². The minimum atomic E-state index is -4.67. The van der Waals surface area contributed by atoms with Crippen molar-refractivity contribution in [2.45, 2.75) is 0 Å². The van der Waals surface area contributed by atoms with E-state index in [2.05, 4.69) is 0 Å². The molecule has 0 bridgehead atoms. The van der Waals surface area contributed by atoms with E-state index in [1.807, 2.05) is 0 Å². The molecular formula is H6BiKO4S. The van der Waals surface area contributed by atoms with Crippen LogP contribution in [0, 0.1) is 0 Å². The Morgan fingerprint density at radius 2 is 1.14 bits per heavy atom. The zero-order valence-corrected chi connectivity index (χ0v) is 9.14. The van der Waals surface area contributed by atoms with Gasteiger partial charge in [-0.1, -0.05) is 0 Å². The second-order valence-electron chi connectivity index (χ2n) is 0.448. The fraction of sp³-hybridized carbons (Fsp3) is 0. The summed E-state index contributed by atoms with van der Waals surface area (Å²) in [5.74, 6) is 0. The quantitative estimate of drug-likeness (QED) is 0.375. The van der Waals surface area contributed by atoms with E-state index in [0.29, 0.717) is 0 Å². The van der Waals surface area contributed by atoms with Gasteiger partial charge in [0.15, 0.2) is 0 Å². The average molecular weight is 350 g/mol. The van der Waals surface area contributed by atoms with Gasteiger partial charge in [-0.25, -0.2) is 0 Å². The van der Waals surface area contributed by atoms with Crippen molar-refractivity contribution in [2.24, 2.45) is 0 Å². The normalized spacial score (nSPS) is 8.29. The van der Waals surface area contributed by atoms with Gasteiger partial charge in [0.05, 0.1) is 0 Å². The first-order valence-corrected chi connectivity index (χ1v) is 2.10. The van der Waals surface area contributed by atoms with Gasteiger partial charge in [-0.15, -0.1) is 0 Å². The molecule has 2 N–H and O–H groups in total. The van der Waals surface area contributed by atoms with E-state index >= 15 is 0 Å². The van der Waals surface area contributed by atoms with Gasteiger partial charge >= 0.3 is 88.0 Å². The standard InChI is InChI=1S/Bi.K.H2O4S.4H/c;;1-5(2,3)4;;;;/h;;(H2,1,2,3,4);;;;. The topological polar surface area (TPSA) is 74.6 Å². The summed E-state index contributed by atoms with van der Waals surface area (Å²) in [7, 11) is -4.67. The number of hydrogen-bond donors (Lipinski definition) is 2. The Morgan fingerprint density at radius 1 is 1.14 bits per heavy atom. The van der Waals surface area contributed by atoms with Gasteiger partial charge in [0, 0.05) is 0 Å². The summed E-state index contributed by atoms with van der Waals surface area (Å²) in [6, 6.07) is 0. The first-order chi connectivity index (χ1) is 2.00. The molecule has 0 spiro atoms. The predicted molar refractivity (Wildman–Crippen MR) is 31.3 cm³/mol. The fourth-order valence-electron chi connectivity index (χ4n) is 0. The van der Waals surface area contributed by atoms with Crippen LogP contribution in [0.25, 0.3) is 0 Å². The Balaban J connectivity index is -0.0000000800. The third-order valence-corrected chi connectivity index (χ3v) is 0. The van der Waals surface area contributed by atoms with Crippen LogP contribution in [-0.4, -0.2) is 95.1 Å². The van der Waals surface area contributed by atoms with E-state index < -0.39 is 10.4 Å². The summed E-state index contributed by atoms with van der Waals surface area (Å²) in [5, 5.41) is 0. The zero-order valence-electron chi connectivity index (χ0n) is 2.83. The van der Waals surface area contributed by atoms with Crippen molar-refractivity contribution in [3.05, 3.63) is 0 Å². The Hall–Kier alpha value is 2.39. The molecular weight excluding hydrogens is 344 g/mol. The molecule has 7 heteroatoms. The molecule has 0 atom stereocenters. The van der Waals surface area contributed by atoms with Crippen molar-refractivity contribution in [1.82, 2.24) is 0 Å². The van der Waals surface area contributed by atoms with Crippen LogP contribution in [0.2, 0.25) is 0 Å². The van der Waals surface area contributed by atoms with Gasteiger partial charge in [0.25, 0.3) is 0 Å². The molecule has 0 saturated carbocycles. The van der Waals surface area contributed by atoms with Crippen LogP contribution >= 0.6 is 0 Å². The van der Waals surface area contributed by atoms with E-state index in [9.17, 15) is 0 Å². The molecule has 0 saturated heterocycles. The van der Waals surface area contributed by atoms with Crippen molar-refractivity contribution in [3.63, 3.8) is 0 Å². The van der Waals surface area contributed by atoms with Crippen LogP contribution in [0.4, 0.5) is 0 Å². The van der Waals surface area contributed by atoms with Gasteiger partial charge in [0.1, 0.15) is 0 Å². The Morgan fingerprint density at radius 3 is 1.14 bits per heavy atom. The molecule has 0 aromatic rings. The molecule has 0 aliphatic carbocycles. The zero-order chi connectivity index (χ0) is 4.50. The van der Waals surface area contributed by atoms with Crippen molar-refractivity contribution in [2.75, 3.05) is 0 Å². The molecule has 0 radical (unpaired) electrons. The maximum absolute atomic E-state index is 8.74. The van der Waals surface area contributed by atoms with Crippen LogP contribution in [0.1, 0.15) is 0 Å². The van der Waals surface area contributed by atoms with E-state index in [-0.39, 0.29) is 77.6 Å². The first-order valence-electron chi connectivity index (χ1n) is 0.698. The SMILES string of the molecule is O=S(=O)(O)O.[BiH3].[KH]. The molecule has 0 aromatic heterocycles. The summed E-state index contributed by atoms with van der Waals surface area (Å²) in [5.41, 5.74) is 0. The van der Waals surface area contributed by atoms with Gasteiger partial charge in [-0.3, -0.25) is 9.11 Å². The first kappa shape index (κ1) is 16.2. The maximum atomic E-state index is 8.74. The Kier molecular flexibility index (Phi) is 15.1. The van der Waals surface area contributed by atoms with E-state index in [1.165, 1.54) is 0 Å². The Labute approximate surface area is 103 Å². The van der Waals surface area contributed by atoms with Crippen LogP contribution in [0.5, 0.6) is 0 Å². The van der Waals surface area contributed by atoms with E-state index in [0.717, 1.165) is 0 Å². The summed E-state index contributed by atoms with van der Waals surface area (Å²) in [6.45, 7) is 0. The molecule has 0 amide bonds. The van der Waals surface area contributed by atoms with E-state index in [4.69, 9.17) is 17.5 Å². The Bertz CT molecular complexity index is 94.9. The third kappa shape index (κ3) is 60.0. The van der Waals surface area contributed by atoms with Gasteiger partial charge < -0.3 is 0 Å².